The molecule has 0 aromatic carbocycles. The van der Waals surface area contributed by atoms with Crippen LogP contribution >= 0.6 is 0 Å². The van der Waals surface area contributed by atoms with Gasteiger partial charge in [-0.3, -0.25) is 4.79 Å². The highest BCUT2D eigenvalue weighted by Gasteiger charge is 2.19. The van der Waals surface area contributed by atoms with Crippen LogP contribution in [0.1, 0.15) is 51.9 Å². The van der Waals surface area contributed by atoms with Gasteiger partial charge in [0.15, 0.2) is 23.6 Å². The summed E-state index contributed by atoms with van der Waals surface area (Å²) in [5.74, 6) is 2.56. The highest BCUT2D eigenvalue weighted by molar-refractivity contribution is 5.70. The summed E-state index contributed by atoms with van der Waals surface area (Å²) in [6.45, 7) is 0.0200. The zero-order chi connectivity index (χ0) is 20.6. The molecule has 1 N–H and O–H groups in total. The summed E-state index contributed by atoms with van der Waals surface area (Å²) in [5.41, 5.74) is 0. The number of hydrogen-bond donors (Lipinski definition) is 1. The molecule has 3 rings (SSSR count). The standard InChI is InChI=1S/C20H22O9/c1-23-19(17-7-5-14(10-22)28-17)26-12-16-6-8-18(29-16)20(24-2)25-11-15-4-3-13(9-21)27-15/h3-9,19-20,22H,10-12H2,1-2H3. The van der Waals surface area contributed by atoms with Crippen LogP contribution in [0.3, 0.4) is 0 Å². The van der Waals surface area contributed by atoms with E-state index in [-0.39, 0.29) is 25.6 Å². The minimum absolute atomic E-state index is 0.107. The predicted octanol–water partition coefficient (Wildman–Crippen LogP) is 3.49. The Labute approximate surface area is 166 Å². The number of ether oxygens (including phenoxy) is 4. The molecule has 9 nitrogen and oxygen atoms in total. The number of hydrogen-bond acceptors (Lipinski definition) is 9. The summed E-state index contributed by atoms with van der Waals surface area (Å²) in [6.07, 6.45) is -0.885. The highest BCUT2D eigenvalue weighted by atomic mass is 16.7. The fourth-order valence-electron chi connectivity index (χ4n) is 2.59. The van der Waals surface area contributed by atoms with Crippen molar-refractivity contribution in [1.82, 2.24) is 0 Å². The molecule has 0 spiro atoms. The number of carbonyl (C=O) groups excluding carboxylic acids is 1. The molecule has 2 atom stereocenters. The molecule has 2 unspecified atom stereocenters. The Bertz CT molecular complexity index is 891. The lowest BCUT2D eigenvalue weighted by molar-refractivity contribution is -0.156. The quantitative estimate of drug-likeness (QED) is 0.356. The van der Waals surface area contributed by atoms with Gasteiger partial charge in [0, 0.05) is 14.2 Å². The zero-order valence-electron chi connectivity index (χ0n) is 16.0. The molecule has 0 fully saturated rings. The number of carbonyl (C=O) groups is 1. The molecule has 0 amide bonds. The van der Waals surface area contributed by atoms with Gasteiger partial charge in [-0.15, -0.1) is 0 Å². The molecule has 0 saturated heterocycles. The third-order valence-electron chi connectivity index (χ3n) is 3.97. The fraction of sp³-hybridized carbons (Fsp3) is 0.350. The molecule has 0 saturated carbocycles. The molecule has 9 heteroatoms. The van der Waals surface area contributed by atoms with Crippen molar-refractivity contribution in [3.63, 3.8) is 0 Å². The first-order valence-electron chi connectivity index (χ1n) is 8.77. The van der Waals surface area contributed by atoms with Crippen LogP contribution in [0.2, 0.25) is 0 Å². The highest BCUT2D eigenvalue weighted by Crippen LogP contribution is 2.26. The lowest BCUT2D eigenvalue weighted by Gasteiger charge is -2.14. The van der Waals surface area contributed by atoms with E-state index in [9.17, 15) is 4.79 Å². The van der Waals surface area contributed by atoms with E-state index in [1.54, 1.807) is 36.4 Å². The number of aliphatic hydroxyl groups excluding tert-OH is 1. The maximum atomic E-state index is 10.7. The SMILES string of the molecule is COC(OCc1ccc(C(OC)OCc2ccc(C=O)o2)o1)c1ccc(CO)o1. The molecule has 3 aromatic rings. The molecule has 3 heterocycles. The Morgan fingerprint density at radius 2 is 1.34 bits per heavy atom. The largest absolute Gasteiger partial charge is 0.458 e. The zero-order valence-corrected chi connectivity index (χ0v) is 16.0. The van der Waals surface area contributed by atoms with Gasteiger partial charge in [-0.05, 0) is 36.4 Å². The summed E-state index contributed by atoms with van der Waals surface area (Å²) >= 11 is 0. The molecule has 0 aliphatic rings. The average Bonchev–Trinajstić information content (AvgIpc) is 3.50. The van der Waals surface area contributed by atoms with Gasteiger partial charge in [0.1, 0.15) is 37.1 Å². The van der Waals surface area contributed by atoms with Crippen LogP contribution in [-0.2, 0) is 38.8 Å². The second kappa shape index (κ2) is 10.2. The van der Waals surface area contributed by atoms with E-state index >= 15 is 0 Å². The topological polar surface area (TPSA) is 114 Å². The molecule has 0 aliphatic carbocycles. The van der Waals surface area contributed by atoms with Crippen molar-refractivity contribution in [2.45, 2.75) is 32.4 Å². The van der Waals surface area contributed by atoms with Crippen molar-refractivity contribution in [1.29, 1.82) is 0 Å². The molecule has 0 bridgehead atoms. The van der Waals surface area contributed by atoms with Crippen molar-refractivity contribution < 1.29 is 42.1 Å². The molecular formula is C20H22O9. The van der Waals surface area contributed by atoms with Crippen LogP contribution in [0, 0.1) is 0 Å². The van der Waals surface area contributed by atoms with Crippen LogP contribution in [0.4, 0.5) is 0 Å². The van der Waals surface area contributed by atoms with E-state index in [0.717, 1.165) is 0 Å². The van der Waals surface area contributed by atoms with Crippen molar-refractivity contribution in [2.75, 3.05) is 14.2 Å². The van der Waals surface area contributed by atoms with Gasteiger partial charge < -0.3 is 37.3 Å². The van der Waals surface area contributed by atoms with E-state index in [1.165, 1.54) is 14.2 Å². The van der Waals surface area contributed by atoms with Gasteiger partial charge in [0.05, 0.1) is 0 Å². The second-order valence-corrected chi connectivity index (χ2v) is 5.95. The summed E-state index contributed by atoms with van der Waals surface area (Å²) < 4.78 is 38.3. The van der Waals surface area contributed by atoms with Gasteiger partial charge in [0.2, 0.25) is 12.6 Å². The van der Waals surface area contributed by atoms with E-state index in [4.69, 9.17) is 37.3 Å². The summed E-state index contributed by atoms with van der Waals surface area (Å²) in [6, 6.07) is 9.98. The monoisotopic (exact) mass is 406 g/mol. The first-order valence-corrected chi connectivity index (χ1v) is 8.77. The fourth-order valence-corrected chi connectivity index (χ4v) is 2.59. The third kappa shape index (κ3) is 5.43. The normalized spacial score (nSPS) is 13.5. The number of rotatable bonds is 12. The Hall–Kier alpha value is -2.69. The first-order chi connectivity index (χ1) is 14.2. The molecule has 0 aliphatic heterocycles. The van der Waals surface area contributed by atoms with Crippen LogP contribution in [-0.4, -0.2) is 25.6 Å². The minimum atomic E-state index is -0.760. The molecule has 156 valence electrons. The van der Waals surface area contributed by atoms with Gasteiger partial charge in [-0.1, -0.05) is 0 Å². The van der Waals surface area contributed by atoms with Gasteiger partial charge in [-0.25, -0.2) is 0 Å². The van der Waals surface area contributed by atoms with E-state index in [0.29, 0.717) is 35.1 Å². The molecule has 0 radical (unpaired) electrons. The lowest BCUT2D eigenvalue weighted by Crippen LogP contribution is -2.06. The number of methoxy groups -OCH3 is 2. The summed E-state index contributed by atoms with van der Waals surface area (Å²) in [5, 5.41) is 9.09. The number of aldehydes is 1. The third-order valence-corrected chi connectivity index (χ3v) is 3.97. The Morgan fingerprint density at radius 3 is 1.83 bits per heavy atom. The van der Waals surface area contributed by atoms with Crippen LogP contribution in [0.5, 0.6) is 0 Å². The van der Waals surface area contributed by atoms with Crippen molar-refractivity contribution in [3.8, 4) is 0 Å². The van der Waals surface area contributed by atoms with E-state index in [2.05, 4.69) is 0 Å². The van der Waals surface area contributed by atoms with Crippen molar-refractivity contribution in [3.05, 3.63) is 71.0 Å². The molecule has 3 aromatic heterocycles. The van der Waals surface area contributed by atoms with Crippen LogP contribution in [0.25, 0.3) is 0 Å². The first kappa shape index (κ1) is 21.0. The summed E-state index contributed by atoms with van der Waals surface area (Å²) in [4.78, 5) is 10.7. The van der Waals surface area contributed by atoms with Gasteiger partial charge in [-0.2, -0.15) is 0 Å². The minimum Gasteiger partial charge on any atom is -0.458 e. The van der Waals surface area contributed by atoms with Crippen LogP contribution in [0.15, 0.2) is 49.6 Å². The summed E-state index contributed by atoms with van der Waals surface area (Å²) in [7, 11) is 2.97. The van der Waals surface area contributed by atoms with Gasteiger partial charge in [0.25, 0.3) is 0 Å². The lowest BCUT2D eigenvalue weighted by atomic mass is 10.4. The Morgan fingerprint density at radius 1 is 0.828 bits per heavy atom. The molecule has 29 heavy (non-hydrogen) atoms. The smallest absolute Gasteiger partial charge is 0.217 e. The predicted molar refractivity (Wildman–Crippen MR) is 96.5 cm³/mol. The average molecular weight is 406 g/mol. The maximum Gasteiger partial charge on any atom is 0.217 e. The van der Waals surface area contributed by atoms with E-state index in [1.807, 2.05) is 0 Å². The number of furan rings is 3. The van der Waals surface area contributed by atoms with Crippen molar-refractivity contribution >= 4 is 6.29 Å². The van der Waals surface area contributed by atoms with Crippen molar-refractivity contribution in [2.24, 2.45) is 0 Å². The van der Waals surface area contributed by atoms with E-state index < -0.39 is 12.6 Å². The number of aliphatic hydroxyl groups is 1. The molecular weight excluding hydrogens is 384 g/mol. The Kier molecular flexibility index (Phi) is 7.39. The van der Waals surface area contributed by atoms with Crippen LogP contribution < -0.4 is 0 Å². The maximum absolute atomic E-state index is 10.7. The Balaban J connectivity index is 1.55. The second-order valence-electron chi connectivity index (χ2n) is 5.95. The van der Waals surface area contributed by atoms with Gasteiger partial charge >= 0.3 is 0 Å².